The Morgan fingerprint density at radius 2 is 1.94 bits per heavy atom. The minimum absolute atomic E-state index is 0.139. The van der Waals surface area contributed by atoms with Crippen molar-refractivity contribution in [2.75, 3.05) is 6.54 Å². The monoisotopic (exact) mass is 333 g/mol. The fourth-order valence-electron chi connectivity index (χ4n) is 1.04. The second-order valence-electron chi connectivity index (χ2n) is 3.46. The van der Waals surface area contributed by atoms with Gasteiger partial charge in [0.1, 0.15) is 0 Å². The van der Waals surface area contributed by atoms with Crippen LogP contribution < -0.4 is 5.32 Å². The molecular formula is C11H12INO3. The maximum atomic E-state index is 11.6. The van der Waals surface area contributed by atoms with Gasteiger partial charge < -0.3 is 10.4 Å². The summed E-state index contributed by atoms with van der Waals surface area (Å²) < 4.78 is 1.05. The highest BCUT2D eigenvalue weighted by atomic mass is 127. The minimum Gasteiger partial charge on any atom is -0.481 e. The molecule has 0 spiro atoms. The van der Waals surface area contributed by atoms with Crippen LogP contribution >= 0.6 is 22.6 Å². The molecule has 0 aliphatic heterocycles. The highest BCUT2D eigenvalue weighted by Gasteiger charge is 2.12. The molecule has 0 aromatic heterocycles. The third-order valence-corrected chi connectivity index (χ3v) is 2.82. The Labute approximate surface area is 107 Å². The van der Waals surface area contributed by atoms with Gasteiger partial charge in [0, 0.05) is 15.7 Å². The van der Waals surface area contributed by atoms with Crippen LogP contribution in [-0.2, 0) is 4.79 Å². The molecule has 0 saturated heterocycles. The molecule has 1 amide bonds. The number of rotatable bonds is 4. The summed E-state index contributed by atoms with van der Waals surface area (Å²) in [6.45, 7) is 1.69. The van der Waals surface area contributed by atoms with Crippen LogP contribution in [0.4, 0.5) is 0 Å². The molecule has 5 heteroatoms. The van der Waals surface area contributed by atoms with Gasteiger partial charge >= 0.3 is 5.97 Å². The Hall–Kier alpha value is -1.11. The number of hydrogen-bond acceptors (Lipinski definition) is 2. The summed E-state index contributed by atoms with van der Waals surface area (Å²) in [4.78, 5) is 22.1. The molecular weight excluding hydrogens is 321 g/mol. The lowest BCUT2D eigenvalue weighted by Crippen LogP contribution is -2.31. The van der Waals surface area contributed by atoms with Crippen LogP contribution in [0.5, 0.6) is 0 Å². The molecule has 4 nitrogen and oxygen atoms in total. The molecule has 1 aromatic carbocycles. The number of carboxylic acid groups (broad SMARTS) is 1. The summed E-state index contributed by atoms with van der Waals surface area (Å²) in [5.41, 5.74) is 0.540. The van der Waals surface area contributed by atoms with Gasteiger partial charge in [-0.15, -0.1) is 0 Å². The number of benzene rings is 1. The van der Waals surface area contributed by atoms with E-state index in [2.05, 4.69) is 27.9 Å². The van der Waals surface area contributed by atoms with E-state index in [0.29, 0.717) is 5.56 Å². The maximum Gasteiger partial charge on any atom is 0.308 e. The molecule has 16 heavy (non-hydrogen) atoms. The molecule has 0 unspecified atom stereocenters. The number of carbonyl (C=O) groups is 2. The Kier molecular flexibility index (Phi) is 4.72. The summed E-state index contributed by atoms with van der Waals surface area (Å²) in [6, 6.07) is 7.08. The lowest BCUT2D eigenvalue weighted by atomic mass is 10.1. The highest BCUT2D eigenvalue weighted by molar-refractivity contribution is 14.1. The summed E-state index contributed by atoms with van der Waals surface area (Å²) in [6.07, 6.45) is 0. The van der Waals surface area contributed by atoms with E-state index >= 15 is 0 Å². The molecule has 86 valence electrons. The van der Waals surface area contributed by atoms with Gasteiger partial charge in [-0.3, -0.25) is 9.59 Å². The first-order valence-electron chi connectivity index (χ1n) is 4.77. The first-order chi connectivity index (χ1) is 7.50. The molecule has 0 aliphatic carbocycles. The minimum atomic E-state index is -0.914. The summed E-state index contributed by atoms with van der Waals surface area (Å²) >= 11 is 2.15. The Morgan fingerprint density at radius 3 is 2.44 bits per heavy atom. The topological polar surface area (TPSA) is 66.4 Å². The normalized spacial score (nSPS) is 11.9. The van der Waals surface area contributed by atoms with Crippen molar-refractivity contribution in [2.24, 2.45) is 5.92 Å². The SMILES string of the molecule is C[C@H](CNC(=O)c1ccc(I)cc1)C(=O)O. The van der Waals surface area contributed by atoms with Crippen LogP contribution in [0.25, 0.3) is 0 Å². The van der Waals surface area contributed by atoms with Gasteiger partial charge in [0.15, 0.2) is 0 Å². The predicted octanol–water partition coefficient (Wildman–Crippen LogP) is 1.74. The molecule has 2 N–H and O–H groups in total. The zero-order valence-electron chi connectivity index (χ0n) is 8.74. The van der Waals surface area contributed by atoms with E-state index in [1.54, 1.807) is 19.1 Å². The third-order valence-electron chi connectivity index (χ3n) is 2.10. The van der Waals surface area contributed by atoms with Gasteiger partial charge in [-0.05, 0) is 46.9 Å². The smallest absolute Gasteiger partial charge is 0.308 e. The Morgan fingerprint density at radius 1 is 1.38 bits per heavy atom. The fourth-order valence-corrected chi connectivity index (χ4v) is 1.40. The van der Waals surface area contributed by atoms with Crippen molar-refractivity contribution < 1.29 is 14.7 Å². The van der Waals surface area contributed by atoms with Gasteiger partial charge in [0.25, 0.3) is 5.91 Å². The lowest BCUT2D eigenvalue weighted by Gasteiger charge is -2.08. The van der Waals surface area contributed by atoms with Crippen LogP contribution in [0.1, 0.15) is 17.3 Å². The van der Waals surface area contributed by atoms with Crippen LogP contribution in [-0.4, -0.2) is 23.5 Å². The molecule has 1 atom stereocenters. The van der Waals surface area contributed by atoms with Crippen molar-refractivity contribution in [1.29, 1.82) is 0 Å². The van der Waals surface area contributed by atoms with E-state index in [1.165, 1.54) is 0 Å². The van der Waals surface area contributed by atoms with Crippen molar-refractivity contribution in [1.82, 2.24) is 5.32 Å². The summed E-state index contributed by atoms with van der Waals surface area (Å²) in [7, 11) is 0. The Bertz CT molecular complexity index is 389. The maximum absolute atomic E-state index is 11.6. The van der Waals surface area contributed by atoms with E-state index < -0.39 is 11.9 Å². The molecule has 0 bridgehead atoms. The van der Waals surface area contributed by atoms with Gasteiger partial charge in [0.05, 0.1) is 5.92 Å². The molecule has 0 aliphatic rings. The fraction of sp³-hybridized carbons (Fsp3) is 0.273. The summed E-state index contributed by atoms with van der Waals surface area (Å²) in [5, 5.41) is 11.2. The van der Waals surface area contributed by atoms with Crippen molar-refractivity contribution in [3.63, 3.8) is 0 Å². The summed E-state index contributed by atoms with van der Waals surface area (Å²) in [5.74, 6) is -1.74. The number of aliphatic carboxylic acids is 1. The van der Waals surface area contributed by atoms with Crippen molar-refractivity contribution in [2.45, 2.75) is 6.92 Å². The third kappa shape index (κ3) is 3.80. The molecule has 1 rings (SSSR count). The van der Waals surface area contributed by atoms with Crippen LogP contribution in [0.3, 0.4) is 0 Å². The van der Waals surface area contributed by atoms with Crippen molar-refractivity contribution in [3.05, 3.63) is 33.4 Å². The number of carbonyl (C=O) groups excluding carboxylic acids is 1. The van der Waals surface area contributed by atoms with E-state index in [1.807, 2.05) is 12.1 Å². The van der Waals surface area contributed by atoms with Gasteiger partial charge in [0.2, 0.25) is 0 Å². The highest BCUT2D eigenvalue weighted by Crippen LogP contribution is 2.06. The lowest BCUT2D eigenvalue weighted by molar-refractivity contribution is -0.140. The van der Waals surface area contributed by atoms with Crippen LogP contribution in [0.2, 0.25) is 0 Å². The molecule has 0 saturated carbocycles. The quantitative estimate of drug-likeness (QED) is 0.825. The zero-order valence-corrected chi connectivity index (χ0v) is 10.9. The van der Waals surface area contributed by atoms with Crippen molar-refractivity contribution >= 4 is 34.5 Å². The average molecular weight is 333 g/mol. The number of nitrogens with one attached hydrogen (secondary N) is 1. The molecule has 1 aromatic rings. The van der Waals surface area contributed by atoms with Crippen molar-refractivity contribution in [3.8, 4) is 0 Å². The number of amides is 1. The van der Waals surface area contributed by atoms with E-state index in [0.717, 1.165) is 3.57 Å². The first kappa shape index (κ1) is 13.0. The van der Waals surface area contributed by atoms with Crippen LogP contribution in [0.15, 0.2) is 24.3 Å². The number of hydrogen-bond donors (Lipinski definition) is 2. The molecule has 0 heterocycles. The second kappa shape index (κ2) is 5.83. The zero-order chi connectivity index (χ0) is 12.1. The first-order valence-corrected chi connectivity index (χ1v) is 5.85. The van der Waals surface area contributed by atoms with Gasteiger partial charge in [-0.25, -0.2) is 0 Å². The number of halogens is 1. The molecule has 0 fully saturated rings. The standard InChI is InChI=1S/C11H12INO3/c1-7(11(15)16)6-13-10(14)8-2-4-9(12)5-3-8/h2-5,7H,6H2,1H3,(H,13,14)(H,15,16)/t7-/m1/s1. The Balaban J connectivity index is 2.53. The van der Waals surface area contributed by atoms with Gasteiger partial charge in [-0.1, -0.05) is 6.92 Å². The number of carboxylic acids is 1. The molecule has 0 radical (unpaired) electrons. The largest absolute Gasteiger partial charge is 0.481 e. The second-order valence-corrected chi connectivity index (χ2v) is 4.70. The van der Waals surface area contributed by atoms with Crippen LogP contribution in [0, 0.1) is 9.49 Å². The van der Waals surface area contributed by atoms with E-state index in [4.69, 9.17) is 5.11 Å². The van der Waals surface area contributed by atoms with E-state index in [9.17, 15) is 9.59 Å². The van der Waals surface area contributed by atoms with Gasteiger partial charge in [-0.2, -0.15) is 0 Å². The van der Waals surface area contributed by atoms with E-state index in [-0.39, 0.29) is 12.5 Å². The predicted molar refractivity (Wildman–Crippen MR) is 68.3 cm³/mol. The average Bonchev–Trinajstić information content (AvgIpc) is 2.26.